The number of carbonyl (C=O) groups is 1. The highest BCUT2D eigenvalue weighted by Crippen LogP contribution is 2.34. The van der Waals surface area contributed by atoms with Crippen molar-refractivity contribution in [1.29, 1.82) is 0 Å². The number of thiazole rings is 1. The quantitative estimate of drug-likeness (QED) is 0.534. The Hall–Kier alpha value is -3.22. The van der Waals surface area contributed by atoms with E-state index in [-0.39, 0.29) is 12.2 Å². The van der Waals surface area contributed by atoms with Crippen LogP contribution in [0.25, 0.3) is 12.2 Å². The molecule has 0 N–H and O–H groups in total. The number of carbonyl (C=O) groups excluding carboxylic acids is 1. The van der Waals surface area contributed by atoms with Crippen molar-refractivity contribution in [3.8, 4) is 0 Å². The molecule has 1 aliphatic heterocycles. The van der Waals surface area contributed by atoms with E-state index in [4.69, 9.17) is 16.3 Å². The number of nitrogens with zero attached hydrogens (tertiary/aromatic N) is 2. The fraction of sp³-hybridized carbons (Fsp3) is 0.160. The highest BCUT2D eigenvalue weighted by Gasteiger charge is 2.34. The molecule has 5 nitrogen and oxygen atoms in total. The van der Waals surface area contributed by atoms with E-state index >= 15 is 0 Å². The summed E-state index contributed by atoms with van der Waals surface area (Å²) in [4.78, 5) is 31.3. The number of allylic oxidation sites excluding steroid dienone is 2. The van der Waals surface area contributed by atoms with E-state index in [9.17, 15) is 9.59 Å². The molecule has 1 aromatic heterocycles. The van der Waals surface area contributed by atoms with Gasteiger partial charge in [0.15, 0.2) is 4.80 Å². The van der Waals surface area contributed by atoms with E-state index in [2.05, 4.69) is 4.99 Å². The zero-order chi connectivity index (χ0) is 22.7. The van der Waals surface area contributed by atoms with Gasteiger partial charge in [0.1, 0.15) is 6.04 Å². The van der Waals surface area contributed by atoms with Gasteiger partial charge in [-0.1, -0.05) is 83.6 Å². The second-order valence-electron chi connectivity index (χ2n) is 7.12. The minimum Gasteiger partial charge on any atom is -0.463 e. The molecule has 4 rings (SSSR count). The Kier molecular flexibility index (Phi) is 6.53. The Morgan fingerprint density at radius 3 is 2.62 bits per heavy atom. The van der Waals surface area contributed by atoms with Gasteiger partial charge in [-0.25, -0.2) is 9.79 Å². The van der Waals surface area contributed by atoms with Crippen LogP contribution in [0.4, 0.5) is 0 Å². The molecular formula is C25H21ClN2O3S. The predicted octanol–water partition coefficient (Wildman–Crippen LogP) is 4.12. The standard InChI is InChI=1S/C25H21ClN2O3S/c1-3-31-24(30)21-16(2)27-25-28(22(21)18-13-7-8-14-19(18)26)23(29)20(32-25)15-9-12-17-10-5-4-6-11-17/h4-15,22H,3H2,1-2H3/b12-9+,20-15-/t22-/m1/s1. The summed E-state index contributed by atoms with van der Waals surface area (Å²) in [7, 11) is 0. The molecule has 0 saturated heterocycles. The van der Waals surface area contributed by atoms with Gasteiger partial charge in [0.05, 0.1) is 22.4 Å². The fourth-order valence-electron chi connectivity index (χ4n) is 3.61. The molecule has 7 heteroatoms. The van der Waals surface area contributed by atoms with Crippen LogP contribution < -0.4 is 14.9 Å². The average molecular weight is 465 g/mol. The van der Waals surface area contributed by atoms with E-state index in [1.165, 1.54) is 15.9 Å². The molecular weight excluding hydrogens is 444 g/mol. The van der Waals surface area contributed by atoms with Crippen molar-refractivity contribution >= 4 is 41.1 Å². The molecule has 0 aliphatic carbocycles. The first kappa shape index (κ1) is 22.0. The highest BCUT2D eigenvalue weighted by molar-refractivity contribution is 7.07. The van der Waals surface area contributed by atoms with Gasteiger partial charge < -0.3 is 4.74 Å². The second-order valence-corrected chi connectivity index (χ2v) is 8.53. The van der Waals surface area contributed by atoms with Crippen LogP contribution in [-0.4, -0.2) is 17.1 Å². The molecule has 32 heavy (non-hydrogen) atoms. The lowest BCUT2D eigenvalue weighted by atomic mass is 9.96. The lowest BCUT2D eigenvalue weighted by Gasteiger charge is -2.25. The summed E-state index contributed by atoms with van der Waals surface area (Å²) in [5.74, 6) is -0.503. The average Bonchev–Trinajstić information content (AvgIpc) is 3.09. The van der Waals surface area contributed by atoms with Gasteiger partial charge >= 0.3 is 5.97 Å². The molecule has 0 bridgehead atoms. The number of hydrogen-bond acceptors (Lipinski definition) is 5. The van der Waals surface area contributed by atoms with Gasteiger partial charge in [0.2, 0.25) is 0 Å². The van der Waals surface area contributed by atoms with Crippen molar-refractivity contribution in [3.05, 3.63) is 108 Å². The Balaban J connectivity index is 1.88. The number of benzene rings is 2. The van der Waals surface area contributed by atoms with Gasteiger partial charge in [-0.15, -0.1) is 0 Å². The number of hydrogen-bond donors (Lipinski definition) is 0. The summed E-state index contributed by atoms with van der Waals surface area (Å²) in [5.41, 5.74) is 2.29. The van der Waals surface area contributed by atoms with Gasteiger partial charge in [0.25, 0.3) is 5.56 Å². The topological polar surface area (TPSA) is 60.7 Å². The maximum absolute atomic E-state index is 13.4. The first-order chi connectivity index (χ1) is 15.5. The Labute approximate surface area is 194 Å². The minimum atomic E-state index is -0.709. The predicted molar refractivity (Wildman–Crippen MR) is 128 cm³/mol. The lowest BCUT2D eigenvalue weighted by Crippen LogP contribution is -2.40. The van der Waals surface area contributed by atoms with Crippen LogP contribution in [-0.2, 0) is 9.53 Å². The number of fused-ring (bicyclic) bond motifs is 1. The van der Waals surface area contributed by atoms with Gasteiger partial charge in [-0.3, -0.25) is 9.36 Å². The van der Waals surface area contributed by atoms with Crippen LogP contribution >= 0.6 is 22.9 Å². The summed E-state index contributed by atoms with van der Waals surface area (Å²) in [5, 5.41) is 0.465. The zero-order valence-electron chi connectivity index (χ0n) is 17.6. The summed E-state index contributed by atoms with van der Waals surface area (Å²) in [6, 6.07) is 16.3. The van der Waals surface area contributed by atoms with Crippen LogP contribution in [0.15, 0.2) is 81.7 Å². The Morgan fingerprint density at radius 2 is 1.91 bits per heavy atom. The molecule has 0 fully saturated rings. The van der Waals surface area contributed by atoms with Crippen LogP contribution in [0, 0.1) is 0 Å². The SMILES string of the molecule is CCOC(=O)C1=C(C)N=c2s/c(=C\C=C\c3ccccc3)c(=O)n2[C@@H]1c1ccccc1Cl. The van der Waals surface area contributed by atoms with Crippen LogP contribution in [0.1, 0.15) is 31.0 Å². The van der Waals surface area contributed by atoms with Crippen molar-refractivity contribution in [2.24, 2.45) is 4.99 Å². The monoisotopic (exact) mass is 464 g/mol. The van der Waals surface area contributed by atoms with Gasteiger partial charge in [0, 0.05) is 5.02 Å². The van der Waals surface area contributed by atoms with Gasteiger partial charge in [-0.2, -0.15) is 0 Å². The van der Waals surface area contributed by atoms with Crippen molar-refractivity contribution in [2.45, 2.75) is 19.9 Å². The Bertz CT molecular complexity index is 1400. The second kappa shape index (κ2) is 9.51. The largest absolute Gasteiger partial charge is 0.463 e. The summed E-state index contributed by atoms with van der Waals surface area (Å²) < 4.78 is 7.34. The fourth-order valence-corrected chi connectivity index (χ4v) is 4.84. The third kappa shape index (κ3) is 4.24. The summed E-state index contributed by atoms with van der Waals surface area (Å²) in [6.45, 7) is 3.72. The third-order valence-electron chi connectivity index (χ3n) is 5.05. The summed E-state index contributed by atoms with van der Waals surface area (Å²) >= 11 is 7.77. The van der Waals surface area contributed by atoms with Crippen LogP contribution in [0.3, 0.4) is 0 Å². The normalized spacial score (nSPS) is 16.2. The molecule has 0 spiro atoms. The first-order valence-corrected chi connectivity index (χ1v) is 11.4. The van der Waals surface area contributed by atoms with E-state index in [1.807, 2.05) is 60.7 Å². The number of aromatic nitrogens is 1. The minimum absolute atomic E-state index is 0.222. The highest BCUT2D eigenvalue weighted by atomic mass is 35.5. The van der Waals surface area contributed by atoms with E-state index in [0.29, 0.717) is 31.2 Å². The molecule has 0 amide bonds. The zero-order valence-corrected chi connectivity index (χ0v) is 19.2. The van der Waals surface area contributed by atoms with E-state index in [0.717, 1.165) is 5.56 Å². The summed E-state index contributed by atoms with van der Waals surface area (Å²) in [6.07, 6.45) is 5.54. The lowest BCUT2D eigenvalue weighted by molar-refractivity contribution is -0.139. The molecule has 0 saturated carbocycles. The van der Waals surface area contributed by atoms with E-state index in [1.54, 1.807) is 26.0 Å². The van der Waals surface area contributed by atoms with Crippen molar-refractivity contribution in [2.75, 3.05) is 6.61 Å². The molecule has 3 aromatic rings. The molecule has 1 atom stereocenters. The maximum Gasteiger partial charge on any atom is 0.338 e. The van der Waals surface area contributed by atoms with Gasteiger partial charge in [-0.05, 0) is 37.1 Å². The molecule has 2 heterocycles. The number of ether oxygens (including phenoxy) is 1. The van der Waals surface area contributed by atoms with E-state index < -0.39 is 12.0 Å². The smallest absolute Gasteiger partial charge is 0.338 e. The number of esters is 1. The maximum atomic E-state index is 13.4. The molecule has 1 aliphatic rings. The molecule has 0 unspecified atom stereocenters. The molecule has 0 radical (unpaired) electrons. The number of halogens is 1. The van der Waals surface area contributed by atoms with Crippen molar-refractivity contribution < 1.29 is 9.53 Å². The van der Waals surface area contributed by atoms with Crippen molar-refractivity contribution in [3.63, 3.8) is 0 Å². The number of rotatable bonds is 5. The van der Waals surface area contributed by atoms with Crippen LogP contribution in [0.2, 0.25) is 5.02 Å². The molecule has 2 aromatic carbocycles. The van der Waals surface area contributed by atoms with Crippen molar-refractivity contribution in [1.82, 2.24) is 4.57 Å². The van der Waals surface area contributed by atoms with Crippen LogP contribution in [0.5, 0.6) is 0 Å². The molecule has 162 valence electrons. The third-order valence-corrected chi connectivity index (χ3v) is 6.40. The first-order valence-electron chi connectivity index (χ1n) is 10.2. The Morgan fingerprint density at radius 1 is 1.19 bits per heavy atom.